The number of carbonyl (C=O) groups excluding carboxylic acids is 1. The van der Waals surface area contributed by atoms with Crippen LogP contribution in [0.1, 0.15) is 62.4 Å². The van der Waals surface area contributed by atoms with Gasteiger partial charge in [-0.3, -0.25) is 4.79 Å². The van der Waals surface area contributed by atoms with Crippen LogP contribution in [0.3, 0.4) is 0 Å². The van der Waals surface area contributed by atoms with Crippen molar-refractivity contribution in [1.29, 1.82) is 0 Å². The van der Waals surface area contributed by atoms with E-state index in [1.807, 2.05) is 49.9 Å². The molecule has 1 aromatic rings. The summed E-state index contributed by atoms with van der Waals surface area (Å²) in [6, 6.07) is 7.68. The van der Waals surface area contributed by atoms with Crippen molar-refractivity contribution in [2.75, 3.05) is 13.2 Å². The number of carbonyl (C=O) groups is 1. The molecule has 0 unspecified atom stereocenters. The lowest BCUT2D eigenvalue weighted by Crippen LogP contribution is -2.49. The van der Waals surface area contributed by atoms with E-state index >= 15 is 0 Å². The van der Waals surface area contributed by atoms with Gasteiger partial charge in [-0.2, -0.15) is 0 Å². The fourth-order valence-corrected chi connectivity index (χ4v) is 3.08. The highest BCUT2D eigenvalue weighted by Gasteiger charge is 2.38. The zero-order chi connectivity index (χ0) is 15.9. The number of hydrogen-bond acceptors (Lipinski definition) is 2. The average Bonchev–Trinajstić information content (AvgIpc) is 2.94. The quantitative estimate of drug-likeness (QED) is 0.917. The summed E-state index contributed by atoms with van der Waals surface area (Å²) in [6.07, 6.45) is 4.40. The predicted molar refractivity (Wildman–Crippen MR) is 87.5 cm³/mol. The van der Waals surface area contributed by atoms with Crippen molar-refractivity contribution in [3.63, 3.8) is 0 Å². The fraction of sp³-hybridized carbons (Fsp3) is 0.611. The third-order valence-corrected chi connectivity index (χ3v) is 4.28. The third-order valence-electron chi connectivity index (χ3n) is 4.28. The Morgan fingerprint density at radius 1 is 1.24 bits per heavy atom. The lowest BCUT2D eigenvalue weighted by atomic mass is 9.95. The van der Waals surface area contributed by atoms with Crippen LogP contribution in [0.2, 0.25) is 0 Å². The Bertz CT molecular complexity index is 450. The minimum atomic E-state index is -0.0951. The molecule has 0 bridgehead atoms. The molecule has 1 N–H and O–H groups in total. The van der Waals surface area contributed by atoms with Crippen LogP contribution in [-0.2, 0) is 0 Å². The van der Waals surface area contributed by atoms with Gasteiger partial charge in [0.15, 0.2) is 0 Å². The highest BCUT2D eigenvalue weighted by molar-refractivity contribution is 5.96. The Labute approximate surface area is 129 Å². The van der Waals surface area contributed by atoms with Gasteiger partial charge in [-0.05, 0) is 38.3 Å². The second-order valence-corrected chi connectivity index (χ2v) is 5.70. The van der Waals surface area contributed by atoms with Crippen LogP contribution in [0.15, 0.2) is 24.3 Å². The van der Waals surface area contributed by atoms with E-state index in [-0.39, 0.29) is 18.1 Å². The minimum Gasteiger partial charge on any atom is -0.395 e. The van der Waals surface area contributed by atoms with Crippen molar-refractivity contribution >= 4 is 5.91 Å². The van der Waals surface area contributed by atoms with E-state index in [2.05, 4.69) is 6.92 Å². The summed E-state index contributed by atoms with van der Waals surface area (Å²) in [6.45, 7) is 8.55. The molecule has 1 saturated carbocycles. The first kappa shape index (κ1) is 17.7. The molecule has 118 valence electrons. The molecule has 2 rings (SSSR count). The van der Waals surface area contributed by atoms with Gasteiger partial charge in [0.05, 0.1) is 6.61 Å². The Morgan fingerprint density at radius 3 is 2.33 bits per heavy atom. The van der Waals surface area contributed by atoms with Crippen molar-refractivity contribution < 1.29 is 9.90 Å². The zero-order valence-corrected chi connectivity index (χ0v) is 13.9. The molecule has 1 amide bonds. The first-order chi connectivity index (χ1) is 10.1. The molecule has 0 aliphatic heterocycles. The lowest BCUT2D eigenvalue weighted by Gasteiger charge is -2.38. The van der Waals surface area contributed by atoms with Crippen LogP contribution in [-0.4, -0.2) is 34.6 Å². The van der Waals surface area contributed by atoms with Gasteiger partial charge in [0.2, 0.25) is 0 Å². The van der Waals surface area contributed by atoms with Gasteiger partial charge in [-0.25, -0.2) is 0 Å². The number of β-amino-alcohol motifs (C(OH)–C–C–N with tert-alkyl or cyclic N) is 1. The van der Waals surface area contributed by atoms with Gasteiger partial charge in [0.1, 0.15) is 0 Å². The lowest BCUT2D eigenvalue weighted by molar-refractivity contribution is 0.0460. The molecule has 3 nitrogen and oxygen atoms in total. The van der Waals surface area contributed by atoms with E-state index in [0.717, 1.165) is 24.0 Å². The molecule has 0 heterocycles. The van der Waals surface area contributed by atoms with Crippen molar-refractivity contribution in [2.24, 2.45) is 0 Å². The molecule has 21 heavy (non-hydrogen) atoms. The van der Waals surface area contributed by atoms with Crippen LogP contribution in [0.4, 0.5) is 0 Å². The maximum atomic E-state index is 12.8. The Morgan fingerprint density at radius 2 is 1.81 bits per heavy atom. The van der Waals surface area contributed by atoms with Gasteiger partial charge >= 0.3 is 0 Å². The molecule has 0 spiro atoms. The molecule has 0 saturated heterocycles. The zero-order valence-electron chi connectivity index (χ0n) is 13.9. The Kier molecular flexibility index (Phi) is 6.90. The molecule has 3 heteroatoms. The van der Waals surface area contributed by atoms with E-state index in [4.69, 9.17) is 0 Å². The van der Waals surface area contributed by atoms with E-state index in [1.54, 1.807) is 0 Å². The highest BCUT2D eigenvalue weighted by Crippen LogP contribution is 2.35. The first-order valence-corrected chi connectivity index (χ1v) is 8.07. The number of hydrogen-bond donors (Lipinski definition) is 1. The highest BCUT2D eigenvalue weighted by atomic mass is 16.3. The number of benzene rings is 1. The second-order valence-electron chi connectivity index (χ2n) is 5.70. The fourth-order valence-electron chi connectivity index (χ4n) is 3.08. The number of aryl methyl sites for hydroxylation is 1. The van der Waals surface area contributed by atoms with E-state index in [9.17, 15) is 9.90 Å². The minimum absolute atomic E-state index is 0.0210. The van der Waals surface area contributed by atoms with Crippen LogP contribution in [0, 0.1) is 6.92 Å². The number of aliphatic hydroxyl groups excluding tert-OH is 1. The molecule has 1 aliphatic rings. The number of amides is 1. The van der Waals surface area contributed by atoms with Gasteiger partial charge < -0.3 is 10.0 Å². The van der Waals surface area contributed by atoms with Crippen molar-refractivity contribution in [3.05, 3.63) is 35.4 Å². The Balaban J connectivity index is 0.00000106. The first-order valence-electron chi connectivity index (χ1n) is 8.07. The Hall–Kier alpha value is -1.35. The van der Waals surface area contributed by atoms with Gasteiger partial charge in [0, 0.05) is 17.6 Å². The number of nitrogens with zero attached hydrogens (tertiary/aromatic N) is 1. The molecular weight excluding hydrogens is 262 g/mol. The molecule has 0 aromatic heterocycles. The molecule has 1 aliphatic carbocycles. The summed E-state index contributed by atoms with van der Waals surface area (Å²) in [4.78, 5) is 14.6. The summed E-state index contributed by atoms with van der Waals surface area (Å²) in [5.41, 5.74) is 1.66. The predicted octanol–water partition coefficient (Wildman–Crippen LogP) is 3.79. The molecule has 0 radical (unpaired) electrons. The number of rotatable bonds is 4. The average molecular weight is 291 g/mol. The summed E-state index contributed by atoms with van der Waals surface area (Å²) in [5.74, 6) is 0.0524. The van der Waals surface area contributed by atoms with E-state index < -0.39 is 0 Å². The van der Waals surface area contributed by atoms with Crippen LogP contribution in [0.25, 0.3) is 0 Å². The van der Waals surface area contributed by atoms with Gasteiger partial charge in [-0.15, -0.1) is 0 Å². The van der Waals surface area contributed by atoms with Crippen molar-refractivity contribution in [3.8, 4) is 0 Å². The second kappa shape index (κ2) is 8.18. The summed E-state index contributed by atoms with van der Waals surface area (Å²) in [7, 11) is 0. The van der Waals surface area contributed by atoms with Crippen molar-refractivity contribution in [1.82, 2.24) is 4.90 Å². The summed E-state index contributed by atoms with van der Waals surface area (Å²) >= 11 is 0. The van der Waals surface area contributed by atoms with Crippen molar-refractivity contribution in [2.45, 2.75) is 58.9 Å². The molecule has 1 fully saturated rings. The molecular formula is C18H29NO2. The van der Waals surface area contributed by atoms with Crippen LogP contribution < -0.4 is 0 Å². The van der Waals surface area contributed by atoms with E-state index in [1.165, 1.54) is 12.8 Å². The summed E-state index contributed by atoms with van der Waals surface area (Å²) < 4.78 is 0. The maximum Gasteiger partial charge on any atom is 0.254 e. The summed E-state index contributed by atoms with van der Waals surface area (Å²) in [5, 5.41) is 9.28. The van der Waals surface area contributed by atoms with Crippen LogP contribution >= 0.6 is 0 Å². The molecule has 1 aromatic carbocycles. The number of aliphatic hydroxyl groups is 1. The largest absolute Gasteiger partial charge is 0.395 e. The topological polar surface area (TPSA) is 40.5 Å². The van der Waals surface area contributed by atoms with E-state index in [0.29, 0.717) is 6.54 Å². The monoisotopic (exact) mass is 291 g/mol. The normalized spacial score (nSPS) is 16.0. The maximum absolute atomic E-state index is 12.8. The standard InChI is InChI=1S/C16H23NO2.C2H6/c1-13-7-3-4-8-14(13)15(19)17(11-12-18)16(2)9-5-6-10-16;1-2/h3-4,7-8,18H,5-6,9-12H2,1-2H3;1-2H3. The smallest absolute Gasteiger partial charge is 0.254 e. The van der Waals surface area contributed by atoms with Gasteiger partial charge in [-0.1, -0.05) is 44.9 Å². The third kappa shape index (κ3) is 4.07. The molecule has 0 atom stereocenters. The SMILES string of the molecule is CC.Cc1ccccc1C(=O)N(CCO)C1(C)CCCC1. The van der Waals surface area contributed by atoms with Crippen LogP contribution in [0.5, 0.6) is 0 Å². The van der Waals surface area contributed by atoms with Gasteiger partial charge in [0.25, 0.3) is 5.91 Å².